The Morgan fingerprint density at radius 2 is 1.66 bits per heavy atom. The average molecular weight is 391 g/mol. The van der Waals surface area contributed by atoms with Gasteiger partial charge in [0.1, 0.15) is 30.5 Å². The third-order valence-corrected chi connectivity index (χ3v) is 4.20. The average Bonchev–Trinajstić information content (AvgIpc) is 2.76. The number of pyridine rings is 1. The van der Waals surface area contributed by atoms with E-state index in [1.54, 1.807) is 18.3 Å². The lowest BCUT2D eigenvalue weighted by Crippen LogP contribution is -2.24. The van der Waals surface area contributed by atoms with Crippen molar-refractivity contribution in [3.63, 3.8) is 0 Å². The van der Waals surface area contributed by atoms with Gasteiger partial charge in [0.2, 0.25) is 0 Å². The van der Waals surface area contributed by atoms with E-state index in [-0.39, 0.29) is 5.91 Å². The first kappa shape index (κ1) is 20.2. The first-order valence-electron chi connectivity index (χ1n) is 9.43. The molecule has 3 aromatic rings. The number of amides is 1. The lowest BCUT2D eigenvalue weighted by Gasteiger charge is -2.13. The van der Waals surface area contributed by atoms with E-state index in [4.69, 9.17) is 9.47 Å². The highest BCUT2D eigenvalue weighted by molar-refractivity contribution is 5.96. The van der Waals surface area contributed by atoms with Gasteiger partial charge in [0, 0.05) is 26.8 Å². The number of aromatic nitrogens is 1. The van der Waals surface area contributed by atoms with Crippen molar-refractivity contribution in [2.75, 3.05) is 32.2 Å². The van der Waals surface area contributed by atoms with Crippen LogP contribution >= 0.6 is 0 Å². The van der Waals surface area contributed by atoms with Crippen molar-refractivity contribution < 1.29 is 14.3 Å². The van der Waals surface area contributed by atoms with Crippen LogP contribution in [0.15, 0.2) is 72.9 Å². The second-order valence-corrected chi connectivity index (χ2v) is 6.61. The minimum absolute atomic E-state index is 0.193. The van der Waals surface area contributed by atoms with E-state index in [0.717, 1.165) is 17.1 Å². The number of benzene rings is 2. The largest absolute Gasteiger partial charge is 0.490 e. The van der Waals surface area contributed by atoms with Gasteiger partial charge < -0.3 is 19.7 Å². The monoisotopic (exact) mass is 391 g/mol. The zero-order chi connectivity index (χ0) is 20.5. The molecule has 0 bridgehead atoms. The molecule has 1 N–H and O–H groups in total. The second-order valence-electron chi connectivity index (χ2n) is 6.61. The predicted octanol–water partition coefficient (Wildman–Crippen LogP) is 3.54. The minimum Gasteiger partial charge on any atom is -0.490 e. The first-order valence-corrected chi connectivity index (χ1v) is 9.43. The van der Waals surface area contributed by atoms with Crippen molar-refractivity contribution in [1.82, 2.24) is 10.3 Å². The number of hydrogen-bond donors (Lipinski definition) is 1. The third-order valence-electron chi connectivity index (χ3n) is 4.20. The Morgan fingerprint density at radius 1 is 0.931 bits per heavy atom. The van der Waals surface area contributed by atoms with Gasteiger partial charge in [-0.05, 0) is 35.9 Å². The fraction of sp³-hybridized carbons (Fsp3) is 0.217. The number of para-hydroxylation sites is 2. The molecule has 0 unspecified atom stereocenters. The minimum atomic E-state index is -0.193. The van der Waals surface area contributed by atoms with Crippen LogP contribution in [0, 0.1) is 0 Å². The smallest absolute Gasteiger partial charge is 0.255 e. The van der Waals surface area contributed by atoms with Crippen LogP contribution in [0.5, 0.6) is 11.5 Å². The summed E-state index contributed by atoms with van der Waals surface area (Å²) in [6.07, 6.45) is 1.76. The van der Waals surface area contributed by atoms with E-state index in [1.165, 1.54) is 0 Å². The molecule has 2 aromatic carbocycles. The Bertz CT molecular complexity index is 912. The number of nitrogens with one attached hydrogen (secondary N) is 1. The molecule has 29 heavy (non-hydrogen) atoms. The number of nitrogens with zero attached hydrogens (tertiary/aromatic N) is 2. The molecule has 3 rings (SSSR count). The Labute approximate surface area is 171 Å². The van der Waals surface area contributed by atoms with Crippen LogP contribution in [0.2, 0.25) is 0 Å². The van der Waals surface area contributed by atoms with Crippen molar-refractivity contribution in [3.8, 4) is 11.5 Å². The van der Waals surface area contributed by atoms with Crippen LogP contribution in [0.1, 0.15) is 15.9 Å². The van der Waals surface area contributed by atoms with Gasteiger partial charge in [-0.15, -0.1) is 0 Å². The van der Waals surface area contributed by atoms with Gasteiger partial charge in [0.15, 0.2) is 0 Å². The molecule has 0 saturated heterocycles. The van der Waals surface area contributed by atoms with Gasteiger partial charge in [-0.3, -0.25) is 4.79 Å². The maximum absolute atomic E-state index is 12.6. The molecule has 150 valence electrons. The molecule has 0 aliphatic heterocycles. The summed E-state index contributed by atoms with van der Waals surface area (Å²) in [7, 11) is 3.87. The molecule has 1 aromatic heterocycles. The summed E-state index contributed by atoms with van der Waals surface area (Å²) in [5, 5.41) is 2.92. The number of ether oxygens (including phenoxy) is 2. The summed E-state index contributed by atoms with van der Waals surface area (Å²) >= 11 is 0. The zero-order valence-electron chi connectivity index (χ0n) is 16.7. The summed E-state index contributed by atoms with van der Waals surface area (Å²) in [4.78, 5) is 18.9. The van der Waals surface area contributed by atoms with E-state index in [2.05, 4.69) is 10.3 Å². The molecule has 0 radical (unpaired) electrons. The summed E-state index contributed by atoms with van der Waals surface area (Å²) in [6, 6.07) is 20.6. The fourth-order valence-corrected chi connectivity index (χ4v) is 2.67. The lowest BCUT2D eigenvalue weighted by atomic mass is 10.2. The Hall–Kier alpha value is -3.54. The first-order chi connectivity index (χ1) is 14.1. The molecule has 0 saturated carbocycles. The molecule has 0 aliphatic carbocycles. The molecule has 0 aliphatic rings. The SMILES string of the molecule is CN(C)c1ccc(CNC(=O)c2ccccc2OCCOc2ccccc2)cn1. The number of carbonyl (C=O) groups excluding carboxylic acids is 1. The van der Waals surface area contributed by atoms with Crippen LogP contribution in [-0.4, -0.2) is 38.2 Å². The molecule has 1 heterocycles. The molecular formula is C23H25N3O3. The quantitative estimate of drug-likeness (QED) is 0.566. The van der Waals surface area contributed by atoms with Gasteiger partial charge in [-0.1, -0.05) is 36.4 Å². The van der Waals surface area contributed by atoms with Crippen LogP contribution in [-0.2, 0) is 6.54 Å². The molecule has 0 atom stereocenters. The van der Waals surface area contributed by atoms with Gasteiger partial charge in [0.25, 0.3) is 5.91 Å². The fourth-order valence-electron chi connectivity index (χ4n) is 2.67. The van der Waals surface area contributed by atoms with E-state index >= 15 is 0 Å². The number of anilines is 1. The van der Waals surface area contributed by atoms with Crippen molar-refractivity contribution >= 4 is 11.7 Å². The van der Waals surface area contributed by atoms with E-state index in [1.807, 2.05) is 73.6 Å². The van der Waals surface area contributed by atoms with Gasteiger partial charge in [-0.2, -0.15) is 0 Å². The second kappa shape index (κ2) is 10.1. The standard InChI is InChI=1S/C23H25N3O3/c1-26(2)22-13-12-18(16-24-22)17-25-23(27)20-10-6-7-11-21(20)29-15-14-28-19-8-4-3-5-9-19/h3-13,16H,14-15,17H2,1-2H3,(H,25,27). The highest BCUT2D eigenvalue weighted by Crippen LogP contribution is 2.18. The van der Waals surface area contributed by atoms with E-state index in [0.29, 0.717) is 31.1 Å². The topological polar surface area (TPSA) is 63.7 Å². The predicted molar refractivity (Wildman–Crippen MR) is 114 cm³/mol. The van der Waals surface area contributed by atoms with Crippen molar-refractivity contribution in [2.45, 2.75) is 6.54 Å². The maximum Gasteiger partial charge on any atom is 0.255 e. The maximum atomic E-state index is 12.6. The van der Waals surface area contributed by atoms with Crippen LogP contribution in [0.3, 0.4) is 0 Å². The normalized spacial score (nSPS) is 10.3. The molecule has 6 nitrogen and oxygen atoms in total. The lowest BCUT2D eigenvalue weighted by molar-refractivity contribution is 0.0945. The molecule has 0 fully saturated rings. The number of carbonyl (C=O) groups is 1. The Balaban J connectivity index is 1.52. The molecule has 1 amide bonds. The summed E-state index contributed by atoms with van der Waals surface area (Å²) in [5.41, 5.74) is 1.42. The summed E-state index contributed by atoms with van der Waals surface area (Å²) in [5.74, 6) is 2.00. The molecular weight excluding hydrogens is 366 g/mol. The summed E-state index contributed by atoms with van der Waals surface area (Å²) < 4.78 is 11.4. The van der Waals surface area contributed by atoms with Crippen molar-refractivity contribution in [2.24, 2.45) is 0 Å². The summed E-state index contributed by atoms with van der Waals surface area (Å²) in [6.45, 7) is 1.13. The van der Waals surface area contributed by atoms with E-state index in [9.17, 15) is 4.79 Å². The Morgan fingerprint density at radius 3 is 2.38 bits per heavy atom. The Kier molecular flexibility index (Phi) is 7.05. The number of rotatable bonds is 9. The van der Waals surface area contributed by atoms with Crippen LogP contribution < -0.4 is 19.7 Å². The van der Waals surface area contributed by atoms with Gasteiger partial charge in [-0.25, -0.2) is 4.98 Å². The zero-order valence-corrected chi connectivity index (χ0v) is 16.7. The molecule has 0 spiro atoms. The van der Waals surface area contributed by atoms with Crippen molar-refractivity contribution in [3.05, 3.63) is 84.1 Å². The van der Waals surface area contributed by atoms with Crippen LogP contribution in [0.25, 0.3) is 0 Å². The highest BCUT2D eigenvalue weighted by atomic mass is 16.5. The van der Waals surface area contributed by atoms with Crippen LogP contribution in [0.4, 0.5) is 5.82 Å². The van der Waals surface area contributed by atoms with Crippen molar-refractivity contribution in [1.29, 1.82) is 0 Å². The van der Waals surface area contributed by atoms with Gasteiger partial charge >= 0.3 is 0 Å². The van der Waals surface area contributed by atoms with Gasteiger partial charge in [0.05, 0.1) is 5.56 Å². The highest BCUT2D eigenvalue weighted by Gasteiger charge is 2.12. The van der Waals surface area contributed by atoms with E-state index < -0.39 is 0 Å². The molecule has 6 heteroatoms. The third kappa shape index (κ3) is 5.97. The number of hydrogen-bond acceptors (Lipinski definition) is 5.